The molecule has 1 heterocycles. The Kier molecular flexibility index (Phi) is 6.84. The molecule has 0 aliphatic rings. The summed E-state index contributed by atoms with van der Waals surface area (Å²) in [6.45, 7) is 2.20. The van der Waals surface area contributed by atoms with Crippen LogP contribution in [0.3, 0.4) is 0 Å². The zero-order valence-electron chi connectivity index (χ0n) is 17.2. The van der Waals surface area contributed by atoms with Crippen LogP contribution in [0.1, 0.15) is 32.2 Å². The summed E-state index contributed by atoms with van der Waals surface area (Å²) in [6.07, 6.45) is 0.262. The molecule has 10 heteroatoms. The second-order valence-electron chi connectivity index (χ2n) is 7.74. The average Bonchev–Trinajstić information content (AvgIpc) is 3.07. The summed E-state index contributed by atoms with van der Waals surface area (Å²) >= 11 is 6.06. The average molecular weight is 451 g/mol. The molecule has 1 aromatic heterocycles. The Hall–Kier alpha value is -3.07. The third-order valence-corrected chi connectivity index (χ3v) is 4.30. The van der Waals surface area contributed by atoms with E-state index in [0.717, 1.165) is 5.56 Å². The summed E-state index contributed by atoms with van der Waals surface area (Å²) in [4.78, 5) is 12.1. The highest BCUT2D eigenvalue weighted by Gasteiger charge is 2.19. The van der Waals surface area contributed by atoms with E-state index in [1.807, 2.05) is 0 Å². The predicted octanol–water partition coefficient (Wildman–Crippen LogP) is 4.53. The lowest BCUT2D eigenvalue weighted by molar-refractivity contribution is -0.155. The Bertz CT molecular complexity index is 1070. The van der Waals surface area contributed by atoms with E-state index in [1.54, 1.807) is 57.2 Å². The molecule has 7 nitrogen and oxygen atoms in total. The van der Waals surface area contributed by atoms with Gasteiger partial charge in [0.05, 0.1) is 0 Å². The van der Waals surface area contributed by atoms with Crippen LogP contribution >= 0.6 is 11.6 Å². The highest BCUT2D eigenvalue weighted by molar-refractivity contribution is 6.30. The van der Waals surface area contributed by atoms with Crippen LogP contribution in [-0.2, 0) is 22.5 Å². The molecule has 3 rings (SSSR count). The molecule has 0 unspecified atom stereocenters. The number of alkyl halides is 2. The van der Waals surface area contributed by atoms with Gasteiger partial charge >= 0.3 is 12.6 Å². The van der Waals surface area contributed by atoms with Crippen molar-refractivity contribution in [2.45, 2.75) is 45.9 Å². The molecule has 0 fully saturated rings. The number of esters is 1. The number of tetrazole rings is 1. The number of halogens is 3. The molecule has 0 saturated heterocycles. The molecule has 0 radical (unpaired) electrons. The second-order valence-corrected chi connectivity index (χ2v) is 8.17. The number of hydrogen-bond acceptors (Lipinski definition) is 6. The van der Waals surface area contributed by atoms with E-state index in [1.165, 1.54) is 10.7 Å². The van der Waals surface area contributed by atoms with Gasteiger partial charge in [-0.1, -0.05) is 29.8 Å². The monoisotopic (exact) mass is 450 g/mol. The maximum Gasteiger partial charge on any atom is 0.387 e. The van der Waals surface area contributed by atoms with E-state index in [0.29, 0.717) is 22.0 Å². The number of carbonyl (C=O) groups is 1. The van der Waals surface area contributed by atoms with E-state index in [-0.39, 0.29) is 18.7 Å². The molecular weight excluding hydrogens is 430 g/mol. The number of nitrogens with zero attached hydrogens (tertiary/aromatic N) is 4. The number of hydrogen-bond donors (Lipinski definition) is 0. The highest BCUT2D eigenvalue weighted by atomic mass is 35.5. The minimum atomic E-state index is -2.97. The second kappa shape index (κ2) is 9.38. The topological polar surface area (TPSA) is 79.1 Å². The number of rotatable bonds is 7. The van der Waals surface area contributed by atoms with Gasteiger partial charge < -0.3 is 9.47 Å². The van der Waals surface area contributed by atoms with Crippen LogP contribution in [0.15, 0.2) is 42.5 Å². The fraction of sp³-hybridized carbons (Fsp3) is 0.333. The van der Waals surface area contributed by atoms with Crippen LogP contribution in [0.25, 0.3) is 11.1 Å². The van der Waals surface area contributed by atoms with Crippen molar-refractivity contribution in [3.8, 4) is 16.9 Å². The van der Waals surface area contributed by atoms with Crippen molar-refractivity contribution in [2.24, 2.45) is 0 Å². The maximum atomic E-state index is 12.9. The smallest absolute Gasteiger partial charge is 0.387 e. The van der Waals surface area contributed by atoms with Crippen LogP contribution in [-0.4, -0.2) is 38.4 Å². The van der Waals surface area contributed by atoms with Crippen LogP contribution in [0.4, 0.5) is 8.78 Å². The van der Waals surface area contributed by atoms with E-state index in [4.69, 9.17) is 16.3 Å². The van der Waals surface area contributed by atoms with Crippen LogP contribution < -0.4 is 4.74 Å². The molecule has 0 spiro atoms. The number of carbonyl (C=O) groups excluding carboxylic acids is 1. The lowest BCUT2D eigenvalue weighted by Crippen LogP contribution is -2.27. The standard InChI is InChI=1S/C21H21ClF2N4O3/c1-21(2,3)31-19(29)12-28-18(25-26-27-28)10-13-7-8-17(30-20(23)24)16(9-13)14-5-4-6-15(22)11-14/h4-9,11,20H,10,12H2,1-3H3. The minimum absolute atomic E-state index is 0.0226. The normalized spacial score (nSPS) is 11.6. The summed E-state index contributed by atoms with van der Waals surface area (Å²) in [7, 11) is 0. The summed E-state index contributed by atoms with van der Waals surface area (Å²) in [6, 6.07) is 11.6. The van der Waals surface area contributed by atoms with Gasteiger partial charge in [0, 0.05) is 17.0 Å². The predicted molar refractivity (Wildman–Crippen MR) is 110 cm³/mol. The zero-order valence-corrected chi connectivity index (χ0v) is 17.9. The Morgan fingerprint density at radius 1 is 1.19 bits per heavy atom. The summed E-state index contributed by atoms with van der Waals surface area (Å²) in [5.41, 5.74) is 1.18. The molecule has 0 aliphatic carbocycles. The Balaban J connectivity index is 1.87. The molecular formula is C21H21ClF2N4O3. The lowest BCUT2D eigenvalue weighted by Gasteiger charge is -2.19. The minimum Gasteiger partial charge on any atom is -0.459 e. The van der Waals surface area contributed by atoms with Gasteiger partial charge in [0.15, 0.2) is 5.82 Å². The van der Waals surface area contributed by atoms with Crippen LogP contribution in [0.2, 0.25) is 5.02 Å². The first-order valence-corrected chi connectivity index (χ1v) is 9.79. The summed E-state index contributed by atoms with van der Waals surface area (Å²) in [5, 5.41) is 11.9. The number of ether oxygens (including phenoxy) is 2. The van der Waals surface area contributed by atoms with E-state index in [9.17, 15) is 13.6 Å². The third kappa shape index (κ3) is 6.45. The molecule has 0 N–H and O–H groups in total. The summed E-state index contributed by atoms with van der Waals surface area (Å²) in [5.74, 6) is -0.0267. The van der Waals surface area contributed by atoms with E-state index < -0.39 is 18.2 Å². The molecule has 2 aromatic carbocycles. The molecule has 164 valence electrons. The SMILES string of the molecule is CC(C)(C)OC(=O)Cn1nnnc1Cc1ccc(OC(F)F)c(-c2cccc(Cl)c2)c1. The van der Waals surface area contributed by atoms with Crippen molar-refractivity contribution >= 4 is 17.6 Å². The van der Waals surface area contributed by atoms with Gasteiger partial charge in [-0.3, -0.25) is 4.79 Å². The number of aromatic nitrogens is 4. The molecule has 0 saturated carbocycles. The van der Waals surface area contributed by atoms with Crippen LogP contribution in [0, 0.1) is 0 Å². The van der Waals surface area contributed by atoms with Gasteiger partial charge in [0.25, 0.3) is 0 Å². The van der Waals surface area contributed by atoms with Gasteiger partial charge in [-0.05, 0) is 66.6 Å². The fourth-order valence-corrected chi connectivity index (χ4v) is 3.11. The Morgan fingerprint density at radius 2 is 1.97 bits per heavy atom. The Morgan fingerprint density at radius 3 is 2.65 bits per heavy atom. The maximum absolute atomic E-state index is 12.9. The van der Waals surface area contributed by atoms with Gasteiger partial charge in [-0.15, -0.1) is 5.10 Å². The number of benzene rings is 2. The Labute approximate surface area is 182 Å². The first kappa shape index (κ1) is 22.6. The summed E-state index contributed by atoms with van der Waals surface area (Å²) < 4.78 is 37.1. The van der Waals surface area contributed by atoms with Crippen molar-refractivity contribution in [1.29, 1.82) is 0 Å². The molecule has 0 amide bonds. The van der Waals surface area contributed by atoms with Crippen molar-refractivity contribution in [2.75, 3.05) is 0 Å². The van der Waals surface area contributed by atoms with Crippen molar-refractivity contribution < 1.29 is 23.0 Å². The first-order valence-electron chi connectivity index (χ1n) is 9.41. The van der Waals surface area contributed by atoms with E-state index >= 15 is 0 Å². The quantitative estimate of drug-likeness (QED) is 0.492. The largest absolute Gasteiger partial charge is 0.459 e. The molecule has 0 bridgehead atoms. The van der Waals surface area contributed by atoms with Crippen molar-refractivity contribution in [3.05, 3.63) is 58.9 Å². The van der Waals surface area contributed by atoms with Gasteiger partial charge in [0.1, 0.15) is 17.9 Å². The zero-order chi connectivity index (χ0) is 22.6. The van der Waals surface area contributed by atoms with Gasteiger partial charge in [-0.25, -0.2) is 4.68 Å². The molecule has 0 atom stereocenters. The molecule has 31 heavy (non-hydrogen) atoms. The van der Waals surface area contributed by atoms with E-state index in [2.05, 4.69) is 20.3 Å². The highest BCUT2D eigenvalue weighted by Crippen LogP contribution is 2.34. The fourth-order valence-electron chi connectivity index (χ4n) is 2.92. The van der Waals surface area contributed by atoms with Crippen molar-refractivity contribution in [3.63, 3.8) is 0 Å². The first-order chi connectivity index (χ1) is 14.6. The third-order valence-electron chi connectivity index (χ3n) is 4.06. The van der Waals surface area contributed by atoms with Crippen molar-refractivity contribution in [1.82, 2.24) is 20.2 Å². The lowest BCUT2D eigenvalue weighted by atomic mass is 10.0. The van der Waals surface area contributed by atoms with Crippen LogP contribution in [0.5, 0.6) is 5.75 Å². The van der Waals surface area contributed by atoms with Gasteiger partial charge in [-0.2, -0.15) is 8.78 Å². The van der Waals surface area contributed by atoms with Gasteiger partial charge in [0.2, 0.25) is 0 Å². The molecule has 0 aliphatic heterocycles. The molecule has 3 aromatic rings.